The minimum Gasteiger partial charge on any atom is -0.311 e. The highest BCUT2D eigenvalue weighted by molar-refractivity contribution is 7.00. The van der Waals surface area contributed by atoms with Crippen LogP contribution in [-0.4, -0.2) is 6.71 Å². The summed E-state index contributed by atoms with van der Waals surface area (Å²) in [6, 6.07) is 82.3. The second-order valence-corrected chi connectivity index (χ2v) is 17.4. The summed E-state index contributed by atoms with van der Waals surface area (Å²) in [5.74, 6) is 0. The standard InChI is InChI=1S/C58H46BN3/c1-58(2,3)45-33-30-42(31-34-45)43-20-16-27-49(38-43)62-53-37-32-44(41-18-8-4-9-19-41)39-52(53)59-51-36-35-50(60(46-21-10-5-11-22-46)47-23-12-6-13-24-47)40-56(51)61(48-25-14-7-15-26-48)54-28-17-29-55(62)57(54)59/h4-40H,1-3H3. The molecular weight excluding hydrogens is 749 g/mol. The monoisotopic (exact) mass is 795 g/mol. The largest absolute Gasteiger partial charge is 0.311 e. The van der Waals surface area contributed by atoms with E-state index in [-0.39, 0.29) is 12.1 Å². The first kappa shape index (κ1) is 37.4. The summed E-state index contributed by atoms with van der Waals surface area (Å²) in [4.78, 5) is 7.35. The molecule has 0 radical (unpaired) electrons. The Kier molecular flexibility index (Phi) is 9.16. The Bertz CT molecular complexity index is 3010. The van der Waals surface area contributed by atoms with Crippen molar-refractivity contribution in [2.24, 2.45) is 0 Å². The maximum atomic E-state index is 2.50. The molecule has 62 heavy (non-hydrogen) atoms. The lowest BCUT2D eigenvalue weighted by molar-refractivity contribution is 0.590. The lowest BCUT2D eigenvalue weighted by Crippen LogP contribution is -2.61. The molecule has 0 spiro atoms. The van der Waals surface area contributed by atoms with Crippen LogP contribution >= 0.6 is 0 Å². The van der Waals surface area contributed by atoms with Gasteiger partial charge in [0.1, 0.15) is 0 Å². The molecule has 11 rings (SSSR count). The third kappa shape index (κ3) is 6.47. The summed E-state index contributed by atoms with van der Waals surface area (Å²) in [7, 11) is 0. The third-order valence-corrected chi connectivity index (χ3v) is 12.6. The average Bonchev–Trinajstić information content (AvgIpc) is 3.32. The molecule has 0 bridgehead atoms. The van der Waals surface area contributed by atoms with Gasteiger partial charge in [0, 0.05) is 51.2 Å². The molecule has 0 amide bonds. The summed E-state index contributed by atoms with van der Waals surface area (Å²) in [5, 5.41) is 0. The fraction of sp³-hybridized carbons (Fsp3) is 0.0690. The van der Waals surface area contributed by atoms with Gasteiger partial charge in [-0.1, -0.05) is 166 Å². The summed E-state index contributed by atoms with van der Waals surface area (Å²) < 4.78 is 0. The van der Waals surface area contributed by atoms with Gasteiger partial charge in [-0.15, -0.1) is 0 Å². The van der Waals surface area contributed by atoms with Crippen LogP contribution in [-0.2, 0) is 5.41 Å². The molecule has 0 aromatic heterocycles. The number of rotatable bonds is 7. The van der Waals surface area contributed by atoms with Crippen molar-refractivity contribution in [3.63, 3.8) is 0 Å². The van der Waals surface area contributed by atoms with Crippen molar-refractivity contribution in [3.05, 3.63) is 230 Å². The van der Waals surface area contributed by atoms with Crippen molar-refractivity contribution >= 4 is 74.3 Å². The number of anilines is 9. The van der Waals surface area contributed by atoms with Crippen LogP contribution in [0.5, 0.6) is 0 Å². The lowest BCUT2D eigenvalue weighted by atomic mass is 9.33. The van der Waals surface area contributed by atoms with Crippen molar-refractivity contribution < 1.29 is 0 Å². The molecule has 4 heteroatoms. The summed E-state index contributed by atoms with van der Waals surface area (Å²) in [6.07, 6.45) is 0. The second-order valence-electron chi connectivity index (χ2n) is 17.4. The highest BCUT2D eigenvalue weighted by Crippen LogP contribution is 2.46. The smallest absolute Gasteiger partial charge is 0.252 e. The molecular formula is C58H46BN3. The number of nitrogens with zero attached hydrogens (tertiary/aromatic N) is 3. The Morgan fingerprint density at radius 2 is 0.871 bits per heavy atom. The molecule has 0 saturated heterocycles. The molecule has 0 N–H and O–H groups in total. The number of hydrogen-bond donors (Lipinski definition) is 0. The Morgan fingerprint density at radius 3 is 1.52 bits per heavy atom. The average molecular weight is 796 g/mol. The van der Waals surface area contributed by atoms with Gasteiger partial charge >= 0.3 is 0 Å². The molecule has 0 unspecified atom stereocenters. The van der Waals surface area contributed by atoms with Crippen LogP contribution in [0, 0.1) is 0 Å². The van der Waals surface area contributed by atoms with Crippen LogP contribution in [0.1, 0.15) is 26.3 Å². The molecule has 9 aromatic rings. The van der Waals surface area contributed by atoms with E-state index >= 15 is 0 Å². The summed E-state index contributed by atoms with van der Waals surface area (Å²) in [5.41, 5.74) is 20.5. The maximum Gasteiger partial charge on any atom is 0.252 e. The quantitative estimate of drug-likeness (QED) is 0.149. The molecule has 3 nitrogen and oxygen atoms in total. The van der Waals surface area contributed by atoms with Gasteiger partial charge in [-0.3, -0.25) is 0 Å². The summed E-state index contributed by atoms with van der Waals surface area (Å²) in [6.45, 7) is 6.80. The zero-order valence-electron chi connectivity index (χ0n) is 35.3. The normalized spacial score (nSPS) is 12.7. The van der Waals surface area contributed by atoms with Crippen LogP contribution in [0.4, 0.5) is 51.2 Å². The van der Waals surface area contributed by atoms with Gasteiger partial charge in [-0.2, -0.15) is 0 Å². The van der Waals surface area contributed by atoms with Gasteiger partial charge < -0.3 is 14.7 Å². The predicted octanol–water partition coefficient (Wildman–Crippen LogP) is 13.9. The molecule has 2 heterocycles. The minimum absolute atomic E-state index is 0.0184. The van der Waals surface area contributed by atoms with Crippen molar-refractivity contribution in [2.75, 3.05) is 14.7 Å². The fourth-order valence-electron chi connectivity index (χ4n) is 9.60. The van der Waals surface area contributed by atoms with E-state index in [4.69, 9.17) is 0 Å². The lowest BCUT2D eigenvalue weighted by Gasteiger charge is -2.44. The van der Waals surface area contributed by atoms with Gasteiger partial charge in [-0.05, 0) is 128 Å². The van der Waals surface area contributed by atoms with Crippen LogP contribution in [0.15, 0.2) is 224 Å². The van der Waals surface area contributed by atoms with Crippen molar-refractivity contribution in [1.82, 2.24) is 0 Å². The van der Waals surface area contributed by atoms with Crippen molar-refractivity contribution in [2.45, 2.75) is 26.2 Å². The first-order valence-electron chi connectivity index (χ1n) is 21.6. The number of para-hydroxylation sites is 3. The Labute approximate surface area is 365 Å². The zero-order valence-corrected chi connectivity index (χ0v) is 35.3. The van der Waals surface area contributed by atoms with Crippen molar-refractivity contribution in [3.8, 4) is 22.3 Å². The molecule has 0 atom stereocenters. The molecule has 9 aromatic carbocycles. The first-order valence-corrected chi connectivity index (χ1v) is 21.6. The van der Waals surface area contributed by atoms with E-state index in [1.165, 1.54) is 67.0 Å². The first-order chi connectivity index (χ1) is 30.4. The zero-order chi connectivity index (χ0) is 41.8. The van der Waals surface area contributed by atoms with Crippen LogP contribution in [0.3, 0.4) is 0 Å². The van der Waals surface area contributed by atoms with Crippen molar-refractivity contribution in [1.29, 1.82) is 0 Å². The van der Waals surface area contributed by atoms with E-state index in [1.807, 2.05) is 0 Å². The molecule has 0 fully saturated rings. The topological polar surface area (TPSA) is 9.72 Å². The maximum absolute atomic E-state index is 2.50. The number of hydrogen-bond acceptors (Lipinski definition) is 3. The van der Waals surface area contributed by atoms with Gasteiger partial charge in [0.05, 0.1) is 0 Å². The van der Waals surface area contributed by atoms with E-state index in [9.17, 15) is 0 Å². The van der Waals surface area contributed by atoms with Gasteiger partial charge in [0.2, 0.25) is 0 Å². The van der Waals surface area contributed by atoms with E-state index in [0.717, 1.165) is 28.4 Å². The predicted molar refractivity (Wildman–Crippen MR) is 265 cm³/mol. The summed E-state index contributed by atoms with van der Waals surface area (Å²) >= 11 is 0. The molecule has 296 valence electrons. The SMILES string of the molecule is CC(C)(C)c1ccc(-c2cccc(N3c4ccc(-c5ccccc5)cc4B4c5ccc(N(c6ccccc6)c6ccccc6)cc5N(c5ccccc5)c5cccc3c54)c2)cc1. The highest BCUT2D eigenvalue weighted by atomic mass is 15.2. The Balaban J connectivity index is 1.14. The Morgan fingerprint density at radius 1 is 0.355 bits per heavy atom. The van der Waals surface area contributed by atoms with Gasteiger partial charge in [0.15, 0.2) is 0 Å². The van der Waals surface area contributed by atoms with Crippen LogP contribution < -0.4 is 31.1 Å². The molecule has 0 aliphatic carbocycles. The van der Waals surface area contributed by atoms with Crippen LogP contribution in [0.25, 0.3) is 22.3 Å². The van der Waals surface area contributed by atoms with Gasteiger partial charge in [-0.25, -0.2) is 0 Å². The van der Waals surface area contributed by atoms with E-state index in [1.54, 1.807) is 0 Å². The Hall–Kier alpha value is -7.56. The van der Waals surface area contributed by atoms with E-state index < -0.39 is 0 Å². The second kappa shape index (κ2) is 15.2. The number of benzene rings is 9. The number of fused-ring (bicyclic) bond motifs is 4. The molecule has 0 saturated carbocycles. The molecule has 2 aliphatic rings. The van der Waals surface area contributed by atoms with E-state index in [0.29, 0.717) is 0 Å². The minimum atomic E-state index is -0.0184. The molecule has 2 aliphatic heterocycles. The fourth-order valence-corrected chi connectivity index (χ4v) is 9.60. The van der Waals surface area contributed by atoms with Crippen LogP contribution in [0.2, 0.25) is 0 Å². The highest BCUT2D eigenvalue weighted by Gasteiger charge is 2.43. The van der Waals surface area contributed by atoms with Gasteiger partial charge in [0.25, 0.3) is 6.71 Å². The van der Waals surface area contributed by atoms with E-state index in [2.05, 4.69) is 260 Å². The third-order valence-electron chi connectivity index (χ3n) is 12.6.